The van der Waals surface area contributed by atoms with Gasteiger partial charge in [0.05, 0.1) is 17.3 Å². The van der Waals surface area contributed by atoms with Crippen molar-refractivity contribution in [3.63, 3.8) is 0 Å². The summed E-state index contributed by atoms with van der Waals surface area (Å²) in [6.45, 7) is 2.38. The van der Waals surface area contributed by atoms with Crippen molar-refractivity contribution in [1.29, 1.82) is 5.26 Å². The van der Waals surface area contributed by atoms with Crippen molar-refractivity contribution >= 4 is 5.69 Å². The lowest BCUT2D eigenvalue weighted by Crippen LogP contribution is -2.07. The predicted molar refractivity (Wildman–Crippen MR) is 74.4 cm³/mol. The molecule has 2 aromatic carbocycles. The molecule has 0 bridgehead atoms. The third kappa shape index (κ3) is 3.33. The van der Waals surface area contributed by atoms with Crippen molar-refractivity contribution in [1.82, 2.24) is 0 Å². The fraction of sp³-hybridized carbons (Fsp3) is 0.188. The Kier molecular flexibility index (Phi) is 4.31. The minimum Gasteiger partial charge on any atom is -0.382 e. The molecule has 1 N–H and O–H groups in total. The van der Waals surface area contributed by atoms with E-state index in [0.717, 1.165) is 11.1 Å². The second-order valence-corrected chi connectivity index (χ2v) is 4.55. The molecule has 2 nitrogen and oxygen atoms in total. The van der Waals surface area contributed by atoms with E-state index in [1.54, 1.807) is 18.2 Å². The number of halogens is 2. The highest BCUT2D eigenvalue weighted by atomic mass is 19.1. The Morgan fingerprint density at radius 2 is 1.95 bits per heavy atom. The van der Waals surface area contributed by atoms with Gasteiger partial charge in [0.15, 0.2) is 0 Å². The topological polar surface area (TPSA) is 35.8 Å². The molecule has 0 fully saturated rings. The SMILES string of the molecule is Cc1cc(F)ccc1CCNc1ccc(C#N)cc1F. The molecule has 2 rings (SSSR count). The Morgan fingerprint density at radius 1 is 1.15 bits per heavy atom. The summed E-state index contributed by atoms with van der Waals surface area (Å²) in [4.78, 5) is 0. The van der Waals surface area contributed by atoms with Crippen molar-refractivity contribution in [2.24, 2.45) is 0 Å². The number of aryl methyl sites for hydroxylation is 1. The summed E-state index contributed by atoms with van der Waals surface area (Å²) < 4.78 is 26.6. The molecule has 4 heteroatoms. The normalized spacial score (nSPS) is 10.1. The van der Waals surface area contributed by atoms with Gasteiger partial charge in [-0.25, -0.2) is 8.78 Å². The third-order valence-corrected chi connectivity index (χ3v) is 3.11. The molecule has 0 aliphatic heterocycles. The van der Waals surface area contributed by atoms with Crippen molar-refractivity contribution < 1.29 is 8.78 Å². The van der Waals surface area contributed by atoms with Crippen LogP contribution in [-0.2, 0) is 6.42 Å². The molecule has 0 aliphatic carbocycles. The van der Waals surface area contributed by atoms with Gasteiger partial charge in [0.1, 0.15) is 11.6 Å². The third-order valence-electron chi connectivity index (χ3n) is 3.11. The Hall–Kier alpha value is -2.41. The Bertz CT molecular complexity index is 660. The summed E-state index contributed by atoms with van der Waals surface area (Å²) in [7, 11) is 0. The van der Waals surface area contributed by atoms with E-state index >= 15 is 0 Å². The first-order valence-electron chi connectivity index (χ1n) is 6.28. The van der Waals surface area contributed by atoms with Gasteiger partial charge in [0.25, 0.3) is 0 Å². The molecule has 20 heavy (non-hydrogen) atoms. The van der Waals surface area contributed by atoms with Gasteiger partial charge in [-0.15, -0.1) is 0 Å². The zero-order valence-corrected chi connectivity index (χ0v) is 11.1. The number of hydrogen-bond acceptors (Lipinski definition) is 2. The van der Waals surface area contributed by atoms with Crippen molar-refractivity contribution in [2.45, 2.75) is 13.3 Å². The number of nitrogens with one attached hydrogen (secondary N) is 1. The molecule has 0 saturated heterocycles. The second-order valence-electron chi connectivity index (χ2n) is 4.55. The molecule has 0 amide bonds. The van der Waals surface area contributed by atoms with Crippen LogP contribution < -0.4 is 5.32 Å². The molecule has 2 aromatic rings. The molecule has 102 valence electrons. The van der Waals surface area contributed by atoms with Gasteiger partial charge in [-0.1, -0.05) is 6.07 Å². The van der Waals surface area contributed by atoms with E-state index < -0.39 is 5.82 Å². The van der Waals surface area contributed by atoms with Crippen molar-refractivity contribution in [3.8, 4) is 6.07 Å². The van der Waals surface area contributed by atoms with Crippen molar-refractivity contribution in [2.75, 3.05) is 11.9 Å². The summed E-state index contributed by atoms with van der Waals surface area (Å²) in [5.41, 5.74) is 2.56. The second kappa shape index (κ2) is 6.16. The smallest absolute Gasteiger partial charge is 0.147 e. The maximum Gasteiger partial charge on any atom is 0.147 e. The van der Waals surface area contributed by atoms with Gasteiger partial charge in [-0.3, -0.25) is 0 Å². The minimum absolute atomic E-state index is 0.252. The van der Waals surface area contributed by atoms with Crippen LogP contribution in [0.25, 0.3) is 0 Å². The average Bonchev–Trinajstić information content (AvgIpc) is 2.42. The van der Waals surface area contributed by atoms with E-state index in [2.05, 4.69) is 5.32 Å². The van der Waals surface area contributed by atoms with Crippen LogP contribution in [0.3, 0.4) is 0 Å². The van der Waals surface area contributed by atoms with E-state index in [9.17, 15) is 8.78 Å². The fourth-order valence-electron chi connectivity index (χ4n) is 2.00. The maximum absolute atomic E-state index is 13.6. The largest absolute Gasteiger partial charge is 0.382 e. The van der Waals surface area contributed by atoms with Crippen LogP contribution in [0, 0.1) is 29.9 Å². The van der Waals surface area contributed by atoms with E-state index in [0.29, 0.717) is 24.2 Å². The highest BCUT2D eigenvalue weighted by molar-refractivity contribution is 5.48. The zero-order chi connectivity index (χ0) is 14.5. The number of nitriles is 1. The average molecular weight is 272 g/mol. The van der Waals surface area contributed by atoms with E-state index in [1.807, 2.05) is 13.0 Å². The lowest BCUT2D eigenvalue weighted by molar-refractivity contribution is 0.625. The highest BCUT2D eigenvalue weighted by Gasteiger charge is 2.04. The van der Waals surface area contributed by atoms with Gasteiger partial charge in [-0.2, -0.15) is 5.26 Å². The van der Waals surface area contributed by atoms with Crippen LogP contribution in [0.4, 0.5) is 14.5 Å². The number of benzene rings is 2. The summed E-state index contributed by atoms with van der Waals surface area (Å²) in [5.74, 6) is -0.697. The van der Waals surface area contributed by atoms with Crippen molar-refractivity contribution in [3.05, 3.63) is 64.7 Å². The summed E-state index contributed by atoms with van der Waals surface area (Å²) >= 11 is 0. The maximum atomic E-state index is 13.6. The quantitative estimate of drug-likeness (QED) is 0.919. The molecule has 0 heterocycles. The summed E-state index contributed by atoms with van der Waals surface area (Å²) in [6.07, 6.45) is 0.672. The van der Waals surface area contributed by atoms with E-state index in [-0.39, 0.29) is 5.82 Å². The molecule has 0 spiro atoms. The number of nitrogens with zero attached hydrogens (tertiary/aromatic N) is 1. The molecule has 0 aliphatic rings. The molecular weight excluding hydrogens is 258 g/mol. The van der Waals surface area contributed by atoms with Crippen LogP contribution in [-0.4, -0.2) is 6.54 Å². The van der Waals surface area contributed by atoms with Crippen LogP contribution in [0.5, 0.6) is 0 Å². The standard InChI is InChI=1S/C16H14F2N2/c1-11-8-14(17)4-3-13(11)6-7-20-16-5-2-12(10-19)9-15(16)18/h2-5,8-9,20H,6-7H2,1H3. The molecule has 0 atom stereocenters. The molecule has 0 unspecified atom stereocenters. The lowest BCUT2D eigenvalue weighted by atomic mass is 10.1. The van der Waals surface area contributed by atoms with Gasteiger partial charge in [-0.05, 0) is 54.8 Å². The number of anilines is 1. The fourth-order valence-corrected chi connectivity index (χ4v) is 2.00. The molecular formula is C16H14F2N2. The van der Waals surface area contributed by atoms with E-state index in [1.165, 1.54) is 18.2 Å². The number of rotatable bonds is 4. The Labute approximate surface area is 116 Å². The monoisotopic (exact) mass is 272 g/mol. The predicted octanol–water partition coefficient (Wildman–Crippen LogP) is 3.80. The highest BCUT2D eigenvalue weighted by Crippen LogP contribution is 2.16. The Balaban J connectivity index is 1.98. The molecule has 0 saturated carbocycles. The first kappa shape index (κ1) is 14.0. The lowest BCUT2D eigenvalue weighted by Gasteiger charge is -2.09. The van der Waals surface area contributed by atoms with Crippen LogP contribution in [0.1, 0.15) is 16.7 Å². The summed E-state index contributed by atoms with van der Waals surface area (Å²) in [5, 5.41) is 11.6. The van der Waals surface area contributed by atoms with Crippen LogP contribution in [0.2, 0.25) is 0 Å². The van der Waals surface area contributed by atoms with Gasteiger partial charge in [0.2, 0.25) is 0 Å². The first-order chi connectivity index (χ1) is 9.60. The van der Waals surface area contributed by atoms with Gasteiger partial charge < -0.3 is 5.32 Å². The molecule has 0 radical (unpaired) electrons. The summed E-state index contributed by atoms with van der Waals surface area (Å²) in [6, 6.07) is 10.8. The number of hydrogen-bond donors (Lipinski definition) is 1. The first-order valence-corrected chi connectivity index (χ1v) is 6.28. The van der Waals surface area contributed by atoms with E-state index in [4.69, 9.17) is 5.26 Å². The van der Waals surface area contributed by atoms with Crippen LogP contribution in [0.15, 0.2) is 36.4 Å². The molecule has 0 aromatic heterocycles. The minimum atomic E-state index is -0.445. The zero-order valence-electron chi connectivity index (χ0n) is 11.1. The van der Waals surface area contributed by atoms with Gasteiger partial charge >= 0.3 is 0 Å². The van der Waals surface area contributed by atoms with Gasteiger partial charge in [0, 0.05) is 6.54 Å². The van der Waals surface area contributed by atoms with Crippen LogP contribution >= 0.6 is 0 Å². The Morgan fingerprint density at radius 3 is 2.60 bits per heavy atom.